The molecule has 0 atom stereocenters. The average Bonchev–Trinajstić information content (AvgIpc) is 3.55. The number of anilines is 3. The maximum atomic E-state index is 5.04. The van der Waals surface area contributed by atoms with E-state index in [1.165, 1.54) is 33.3 Å². The molecule has 5 nitrogen and oxygen atoms in total. The Morgan fingerprint density at radius 2 is 0.943 bits per heavy atom. The maximum Gasteiger partial charge on any atom is 0.164 e. The smallest absolute Gasteiger partial charge is 0.164 e. The summed E-state index contributed by atoms with van der Waals surface area (Å²) >= 11 is 0. The summed E-state index contributed by atoms with van der Waals surface area (Å²) in [6.07, 6.45) is 0. The topological polar surface area (TPSA) is 46.8 Å². The molecule has 0 bridgehead atoms. The van der Waals surface area contributed by atoms with Crippen molar-refractivity contribution in [3.05, 3.63) is 187 Å². The number of para-hydroxylation sites is 3. The highest BCUT2D eigenvalue weighted by Gasteiger charge is 2.37. The van der Waals surface area contributed by atoms with Gasteiger partial charge >= 0.3 is 0 Å². The molecule has 7 aromatic carbocycles. The Morgan fingerprint density at radius 1 is 0.396 bits per heavy atom. The van der Waals surface area contributed by atoms with Crippen LogP contribution in [0.15, 0.2) is 176 Å². The van der Waals surface area contributed by atoms with E-state index in [2.05, 4.69) is 139 Å². The van der Waals surface area contributed by atoms with Gasteiger partial charge in [0.2, 0.25) is 0 Å². The SMILES string of the molecule is CC1(C)c2ccccc2N(c2ccccc2)c2cc3c4ccccc4n(-c4cccc(-c5nc(-c6ccccc6)nc(-c6ccccc6)n5)c4)c3cc21. The third-order valence-corrected chi connectivity index (χ3v) is 10.6. The first-order valence-corrected chi connectivity index (χ1v) is 18.0. The quantitative estimate of drug-likeness (QED) is 0.181. The Hall–Kier alpha value is -6.85. The van der Waals surface area contributed by atoms with Crippen molar-refractivity contribution < 1.29 is 0 Å². The predicted molar refractivity (Wildman–Crippen MR) is 217 cm³/mol. The van der Waals surface area contributed by atoms with Gasteiger partial charge in [0.1, 0.15) is 0 Å². The molecule has 1 aliphatic rings. The summed E-state index contributed by atoms with van der Waals surface area (Å²) in [4.78, 5) is 17.4. The molecule has 0 aliphatic carbocycles. The zero-order valence-corrected chi connectivity index (χ0v) is 29.5. The second-order valence-electron chi connectivity index (χ2n) is 14.1. The molecule has 10 rings (SSSR count). The summed E-state index contributed by atoms with van der Waals surface area (Å²) in [5, 5.41) is 2.41. The van der Waals surface area contributed by atoms with Gasteiger partial charge in [-0.1, -0.05) is 141 Å². The first kappa shape index (κ1) is 30.9. The van der Waals surface area contributed by atoms with E-state index in [-0.39, 0.29) is 5.41 Å². The van der Waals surface area contributed by atoms with Crippen molar-refractivity contribution in [3.8, 4) is 39.9 Å². The molecule has 0 saturated carbocycles. The lowest BCUT2D eigenvalue weighted by Gasteiger charge is -2.42. The van der Waals surface area contributed by atoms with Crippen molar-refractivity contribution in [1.29, 1.82) is 0 Å². The Kier molecular flexibility index (Phi) is 7.08. The molecular weight excluding hydrogens is 647 g/mol. The lowest BCUT2D eigenvalue weighted by Crippen LogP contribution is -2.30. The van der Waals surface area contributed by atoms with Crippen LogP contribution in [0, 0.1) is 0 Å². The maximum absolute atomic E-state index is 5.04. The molecule has 0 spiro atoms. The molecule has 2 aromatic heterocycles. The van der Waals surface area contributed by atoms with Crippen LogP contribution in [0.5, 0.6) is 0 Å². The molecule has 252 valence electrons. The minimum atomic E-state index is -0.235. The van der Waals surface area contributed by atoms with Crippen molar-refractivity contribution in [2.45, 2.75) is 19.3 Å². The van der Waals surface area contributed by atoms with Gasteiger partial charge in [0.15, 0.2) is 17.5 Å². The van der Waals surface area contributed by atoms with Gasteiger partial charge in [0, 0.05) is 44.3 Å². The van der Waals surface area contributed by atoms with Gasteiger partial charge < -0.3 is 9.47 Å². The first-order valence-electron chi connectivity index (χ1n) is 18.0. The van der Waals surface area contributed by atoms with E-state index in [1.54, 1.807) is 0 Å². The Morgan fingerprint density at radius 3 is 1.64 bits per heavy atom. The molecule has 0 radical (unpaired) electrons. The third-order valence-electron chi connectivity index (χ3n) is 10.6. The largest absolute Gasteiger partial charge is 0.310 e. The fourth-order valence-corrected chi connectivity index (χ4v) is 8.02. The zero-order valence-electron chi connectivity index (χ0n) is 29.5. The van der Waals surface area contributed by atoms with E-state index in [1.807, 2.05) is 60.7 Å². The molecule has 0 N–H and O–H groups in total. The Balaban J connectivity index is 1.20. The van der Waals surface area contributed by atoms with Gasteiger partial charge in [-0.25, -0.2) is 15.0 Å². The third kappa shape index (κ3) is 5.04. The zero-order chi connectivity index (χ0) is 35.5. The molecular formula is C48H35N5. The molecule has 5 heteroatoms. The van der Waals surface area contributed by atoms with Crippen LogP contribution < -0.4 is 4.90 Å². The van der Waals surface area contributed by atoms with Crippen molar-refractivity contribution in [2.24, 2.45) is 0 Å². The number of hydrogen-bond acceptors (Lipinski definition) is 4. The lowest BCUT2D eigenvalue weighted by atomic mass is 9.73. The minimum absolute atomic E-state index is 0.235. The average molecular weight is 682 g/mol. The molecule has 1 aliphatic heterocycles. The number of hydrogen-bond donors (Lipinski definition) is 0. The van der Waals surface area contributed by atoms with Gasteiger partial charge in [0.05, 0.1) is 22.4 Å². The summed E-state index contributed by atoms with van der Waals surface area (Å²) in [6, 6.07) is 61.9. The van der Waals surface area contributed by atoms with Crippen LogP contribution >= 0.6 is 0 Å². The molecule has 3 heterocycles. The summed E-state index contributed by atoms with van der Waals surface area (Å²) in [5.41, 5.74) is 12.1. The van der Waals surface area contributed by atoms with Gasteiger partial charge in [-0.15, -0.1) is 0 Å². The van der Waals surface area contributed by atoms with Crippen molar-refractivity contribution in [1.82, 2.24) is 19.5 Å². The number of rotatable bonds is 5. The van der Waals surface area contributed by atoms with E-state index < -0.39 is 0 Å². The van der Waals surface area contributed by atoms with Crippen LogP contribution in [0.25, 0.3) is 61.7 Å². The van der Waals surface area contributed by atoms with Crippen LogP contribution in [-0.2, 0) is 5.41 Å². The van der Waals surface area contributed by atoms with Crippen LogP contribution in [-0.4, -0.2) is 19.5 Å². The lowest BCUT2D eigenvalue weighted by molar-refractivity contribution is 0.632. The van der Waals surface area contributed by atoms with Crippen LogP contribution in [0.3, 0.4) is 0 Å². The minimum Gasteiger partial charge on any atom is -0.310 e. The van der Waals surface area contributed by atoms with Crippen molar-refractivity contribution in [3.63, 3.8) is 0 Å². The first-order chi connectivity index (χ1) is 26.0. The highest BCUT2D eigenvalue weighted by Crippen LogP contribution is 2.53. The Bertz CT molecular complexity index is 2750. The summed E-state index contributed by atoms with van der Waals surface area (Å²) in [6.45, 7) is 4.70. The molecule has 0 fully saturated rings. The van der Waals surface area contributed by atoms with Gasteiger partial charge in [-0.2, -0.15) is 0 Å². The van der Waals surface area contributed by atoms with E-state index >= 15 is 0 Å². The predicted octanol–water partition coefficient (Wildman–Crippen LogP) is 12.1. The highest BCUT2D eigenvalue weighted by molar-refractivity contribution is 6.11. The molecule has 0 saturated heterocycles. The Labute approximate surface area is 308 Å². The van der Waals surface area contributed by atoms with Crippen molar-refractivity contribution in [2.75, 3.05) is 4.90 Å². The molecule has 53 heavy (non-hydrogen) atoms. The van der Waals surface area contributed by atoms with Gasteiger partial charge in [-0.05, 0) is 59.7 Å². The van der Waals surface area contributed by atoms with Crippen LogP contribution in [0.1, 0.15) is 25.0 Å². The van der Waals surface area contributed by atoms with E-state index in [9.17, 15) is 0 Å². The van der Waals surface area contributed by atoms with Crippen LogP contribution in [0.4, 0.5) is 17.1 Å². The second-order valence-corrected chi connectivity index (χ2v) is 14.1. The number of aromatic nitrogens is 4. The van der Waals surface area contributed by atoms with Gasteiger partial charge in [-0.3, -0.25) is 0 Å². The summed E-state index contributed by atoms with van der Waals surface area (Å²) in [5.74, 6) is 1.93. The normalized spacial score (nSPS) is 13.2. The fourth-order valence-electron chi connectivity index (χ4n) is 8.02. The van der Waals surface area contributed by atoms with E-state index in [0.29, 0.717) is 17.5 Å². The molecule has 9 aromatic rings. The van der Waals surface area contributed by atoms with Crippen LogP contribution in [0.2, 0.25) is 0 Å². The number of fused-ring (bicyclic) bond motifs is 5. The van der Waals surface area contributed by atoms with Crippen molar-refractivity contribution >= 4 is 38.9 Å². The van der Waals surface area contributed by atoms with E-state index in [4.69, 9.17) is 15.0 Å². The monoisotopic (exact) mass is 681 g/mol. The summed E-state index contributed by atoms with van der Waals surface area (Å²) < 4.78 is 2.40. The highest BCUT2D eigenvalue weighted by atomic mass is 15.2. The second kappa shape index (κ2) is 12.1. The molecule has 0 amide bonds. The number of benzene rings is 7. The molecule has 0 unspecified atom stereocenters. The van der Waals surface area contributed by atoms with E-state index in [0.717, 1.165) is 39.1 Å². The standard InChI is InChI=1S/C48H35N5/c1-48(2)39-26-13-15-28-42(39)52(35-22-10-5-11-23-35)44-30-38-37-25-12-14-27-41(37)53(43(38)31-40(44)48)36-24-16-21-34(29-36)47-50-45(32-17-6-3-7-18-32)49-46(51-47)33-19-8-4-9-20-33/h3-31H,1-2H3. The fraction of sp³-hybridized carbons (Fsp3) is 0.0625. The summed E-state index contributed by atoms with van der Waals surface area (Å²) in [7, 11) is 0. The van der Waals surface area contributed by atoms with Gasteiger partial charge in [0.25, 0.3) is 0 Å². The number of nitrogens with zero attached hydrogens (tertiary/aromatic N) is 5.